The molecule has 1 aliphatic rings. The third kappa shape index (κ3) is 1.92. The Kier molecular flexibility index (Phi) is 2.65. The van der Waals surface area contributed by atoms with Crippen LogP contribution in [-0.4, -0.2) is 6.54 Å². The Labute approximate surface area is 80.4 Å². The quantitative estimate of drug-likeness (QED) is 0.618. The third-order valence-corrected chi connectivity index (χ3v) is 2.94. The van der Waals surface area contributed by atoms with E-state index in [1.807, 2.05) is 0 Å². The van der Waals surface area contributed by atoms with Gasteiger partial charge >= 0.3 is 0 Å². The Bertz CT molecular complexity index is 255. The van der Waals surface area contributed by atoms with Gasteiger partial charge in [-0.1, -0.05) is 30.3 Å². The molecule has 1 heterocycles. The lowest BCUT2D eigenvalue weighted by molar-refractivity contribution is -0.893. The van der Waals surface area contributed by atoms with Crippen LogP contribution in [0.25, 0.3) is 0 Å². The summed E-state index contributed by atoms with van der Waals surface area (Å²) in [5.74, 6) is 0. The second-order valence-electron chi connectivity index (χ2n) is 3.87. The Morgan fingerprint density at radius 2 is 1.92 bits per heavy atom. The number of hydrogen-bond acceptors (Lipinski definition) is 0. The Hall–Kier alpha value is -0.820. The molecule has 0 spiro atoms. The van der Waals surface area contributed by atoms with Crippen molar-refractivity contribution in [1.82, 2.24) is 0 Å². The fourth-order valence-electron chi connectivity index (χ4n) is 2.17. The lowest BCUT2D eigenvalue weighted by Gasteiger charge is -2.35. The standard InChI is InChI=1S/C12H17N/c1-13-10-6-5-9-12(13)11-7-3-2-4-8-11/h2-4,7-8,12-13H,1,5-6,9-10H2. The zero-order chi connectivity index (χ0) is 9.10. The summed E-state index contributed by atoms with van der Waals surface area (Å²) in [6.07, 6.45) is 3.99. The SMILES string of the molecule is [CH2-][NH+]1CCCCC1c1ccccc1. The molecule has 0 bridgehead atoms. The third-order valence-electron chi connectivity index (χ3n) is 2.94. The predicted octanol–water partition coefficient (Wildman–Crippen LogP) is 1.59. The van der Waals surface area contributed by atoms with E-state index in [2.05, 4.69) is 37.4 Å². The highest BCUT2D eigenvalue weighted by molar-refractivity contribution is 5.17. The molecule has 13 heavy (non-hydrogen) atoms. The molecule has 2 atom stereocenters. The molecule has 1 nitrogen and oxygen atoms in total. The first-order valence-electron chi connectivity index (χ1n) is 5.10. The molecule has 1 aromatic rings. The summed E-state index contributed by atoms with van der Waals surface area (Å²) in [7, 11) is 4.17. The van der Waals surface area contributed by atoms with Crippen LogP contribution in [-0.2, 0) is 0 Å². The van der Waals surface area contributed by atoms with E-state index in [1.165, 1.54) is 36.3 Å². The highest BCUT2D eigenvalue weighted by atomic mass is 15.1. The van der Waals surface area contributed by atoms with Gasteiger partial charge < -0.3 is 4.90 Å². The highest BCUT2D eigenvalue weighted by Gasteiger charge is 2.19. The smallest absolute Gasteiger partial charge is 0.0891 e. The Morgan fingerprint density at radius 1 is 1.15 bits per heavy atom. The van der Waals surface area contributed by atoms with E-state index in [1.54, 1.807) is 0 Å². The Morgan fingerprint density at radius 3 is 2.62 bits per heavy atom. The van der Waals surface area contributed by atoms with Crippen molar-refractivity contribution in [3.05, 3.63) is 42.9 Å². The van der Waals surface area contributed by atoms with E-state index in [-0.39, 0.29) is 0 Å². The van der Waals surface area contributed by atoms with Gasteiger partial charge in [0.15, 0.2) is 0 Å². The van der Waals surface area contributed by atoms with Crippen molar-refractivity contribution in [3.8, 4) is 0 Å². The minimum Gasteiger partial charge on any atom is -0.462 e. The second kappa shape index (κ2) is 3.93. The molecule has 1 aromatic carbocycles. The summed E-state index contributed by atoms with van der Waals surface area (Å²) in [6.45, 7) is 1.22. The number of likely N-dealkylation sites (tertiary alicyclic amines) is 1. The van der Waals surface area contributed by atoms with Gasteiger partial charge in [-0.3, -0.25) is 0 Å². The summed E-state index contributed by atoms with van der Waals surface area (Å²) in [6, 6.07) is 11.4. The van der Waals surface area contributed by atoms with Gasteiger partial charge in [0, 0.05) is 12.0 Å². The molecule has 70 valence electrons. The normalized spacial score (nSPS) is 28.7. The minimum atomic E-state index is 0.634. The summed E-state index contributed by atoms with van der Waals surface area (Å²) in [4.78, 5) is 1.43. The van der Waals surface area contributed by atoms with Crippen molar-refractivity contribution in [2.75, 3.05) is 6.54 Å². The first-order chi connectivity index (χ1) is 6.38. The van der Waals surface area contributed by atoms with Gasteiger partial charge in [0.1, 0.15) is 0 Å². The van der Waals surface area contributed by atoms with E-state index in [0.717, 1.165) is 0 Å². The Balaban J connectivity index is 2.15. The molecule has 0 aromatic heterocycles. The van der Waals surface area contributed by atoms with Crippen LogP contribution < -0.4 is 4.90 Å². The van der Waals surface area contributed by atoms with Crippen molar-refractivity contribution in [3.63, 3.8) is 0 Å². The number of nitrogens with one attached hydrogen (secondary N) is 1. The summed E-state index contributed by atoms with van der Waals surface area (Å²) in [5, 5.41) is 0. The van der Waals surface area contributed by atoms with Gasteiger partial charge in [-0.2, -0.15) is 7.05 Å². The first-order valence-corrected chi connectivity index (χ1v) is 5.10. The van der Waals surface area contributed by atoms with Crippen LogP contribution in [0.5, 0.6) is 0 Å². The number of benzene rings is 1. The molecule has 2 rings (SSSR count). The first kappa shape index (κ1) is 8.76. The maximum absolute atomic E-state index is 4.17. The van der Waals surface area contributed by atoms with Gasteiger partial charge in [0.2, 0.25) is 0 Å². The molecule has 1 fully saturated rings. The molecular formula is C12H17N. The molecular weight excluding hydrogens is 158 g/mol. The predicted molar refractivity (Wildman–Crippen MR) is 54.2 cm³/mol. The second-order valence-corrected chi connectivity index (χ2v) is 3.87. The van der Waals surface area contributed by atoms with Crippen LogP contribution >= 0.6 is 0 Å². The van der Waals surface area contributed by atoms with Crippen LogP contribution in [0.15, 0.2) is 30.3 Å². The topological polar surface area (TPSA) is 4.44 Å². The van der Waals surface area contributed by atoms with Crippen LogP contribution in [0.2, 0.25) is 0 Å². The largest absolute Gasteiger partial charge is 0.462 e. The molecule has 1 aliphatic heterocycles. The summed E-state index contributed by atoms with van der Waals surface area (Å²) < 4.78 is 0. The molecule has 0 saturated carbocycles. The van der Waals surface area contributed by atoms with Gasteiger partial charge in [-0.05, 0) is 12.8 Å². The molecule has 1 saturated heterocycles. The van der Waals surface area contributed by atoms with Crippen molar-refractivity contribution >= 4 is 0 Å². The fraction of sp³-hybridized carbons (Fsp3) is 0.417. The van der Waals surface area contributed by atoms with Gasteiger partial charge in [0.05, 0.1) is 12.6 Å². The van der Waals surface area contributed by atoms with Crippen LogP contribution in [0.4, 0.5) is 0 Å². The van der Waals surface area contributed by atoms with E-state index < -0.39 is 0 Å². The van der Waals surface area contributed by atoms with Crippen molar-refractivity contribution in [2.45, 2.75) is 25.3 Å². The molecule has 1 N–H and O–H groups in total. The fourth-order valence-corrected chi connectivity index (χ4v) is 2.17. The van der Waals surface area contributed by atoms with Crippen LogP contribution in [0.3, 0.4) is 0 Å². The minimum absolute atomic E-state index is 0.634. The molecule has 0 aliphatic carbocycles. The van der Waals surface area contributed by atoms with Crippen molar-refractivity contribution in [1.29, 1.82) is 0 Å². The van der Waals surface area contributed by atoms with E-state index in [9.17, 15) is 0 Å². The number of hydrogen-bond donors (Lipinski definition) is 1. The number of piperidine rings is 1. The van der Waals surface area contributed by atoms with E-state index in [4.69, 9.17) is 0 Å². The number of quaternary nitrogens is 1. The summed E-state index contributed by atoms with van der Waals surface area (Å²) in [5.41, 5.74) is 1.45. The lowest BCUT2D eigenvalue weighted by Crippen LogP contribution is -3.08. The maximum Gasteiger partial charge on any atom is 0.0891 e. The lowest BCUT2D eigenvalue weighted by atomic mass is 9.96. The average molecular weight is 175 g/mol. The van der Waals surface area contributed by atoms with E-state index >= 15 is 0 Å². The highest BCUT2D eigenvalue weighted by Crippen LogP contribution is 2.18. The molecule has 0 amide bonds. The van der Waals surface area contributed by atoms with Gasteiger partial charge in [-0.25, -0.2) is 0 Å². The van der Waals surface area contributed by atoms with Crippen LogP contribution in [0, 0.1) is 7.05 Å². The van der Waals surface area contributed by atoms with Gasteiger partial charge in [0.25, 0.3) is 0 Å². The van der Waals surface area contributed by atoms with Crippen molar-refractivity contribution < 1.29 is 4.90 Å². The summed E-state index contributed by atoms with van der Waals surface area (Å²) >= 11 is 0. The molecule has 1 heteroatoms. The van der Waals surface area contributed by atoms with Gasteiger partial charge in [-0.15, -0.1) is 0 Å². The van der Waals surface area contributed by atoms with E-state index in [0.29, 0.717) is 6.04 Å². The monoisotopic (exact) mass is 175 g/mol. The zero-order valence-corrected chi connectivity index (χ0v) is 8.00. The average Bonchev–Trinajstić information content (AvgIpc) is 2.20. The number of rotatable bonds is 1. The van der Waals surface area contributed by atoms with Crippen LogP contribution in [0.1, 0.15) is 30.9 Å². The zero-order valence-electron chi connectivity index (χ0n) is 8.00. The molecule has 2 unspecified atom stereocenters. The molecule has 0 radical (unpaired) electrons. The maximum atomic E-state index is 4.17. The van der Waals surface area contributed by atoms with Crippen molar-refractivity contribution in [2.24, 2.45) is 0 Å².